The molecule has 2 rings (SSSR count). The maximum absolute atomic E-state index is 12.8. The third kappa shape index (κ3) is 3.98. The quantitative estimate of drug-likeness (QED) is 0.804. The van der Waals surface area contributed by atoms with Crippen molar-refractivity contribution in [3.05, 3.63) is 48.8 Å². The van der Waals surface area contributed by atoms with Crippen LogP contribution in [0.5, 0.6) is 5.75 Å². The van der Waals surface area contributed by atoms with E-state index in [4.69, 9.17) is 0 Å². The first-order valence-corrected chi connectivity index (χ1v) is 8.18. The molecule has 0 spiro atoms. The summed E-state index contributed by atoms with van der Waals surface area (Å²) >= 11 is 0. The Kier molecular flexibility index (Phi) is 5.17. The average Bonchev–Trinajstić information content (AvgIpc) is 2.55. The number of aromatic hydroxyl groups is 1. The summed E-state index contributed by atoms with van der Waals surface area (Å²) in [5.74, 6) is -0.685. The van der Waals surface area contributed by atoms with E-state index >= 15 is 0 Å². The van der Waals surface area contributed by atoms with Crippen molar-refractivity contribution >= 4 is 21.7 Å². The number of benzene rings is 1. The van der Waals surface area contributed by atoms with Gasteiger partial charge in [0, 0.05) is 18.8 Å². The molecule has 0 bridgehead atoms. The highest BCUT2D eigenvalue weighted by Gasteiger charge is 2.26. The number of aromatic nitrogens is 1. The van der Waals surface area contributed by atoms with Gasteiger partial charge >= 0.3 is 5.97 Å². The van der Waals surface area contributed by atoms with Gasteiger partial charge in [-0.3, -0.25) is 14.1 Å². The second-order valence-electron chi connectivity index (χ2n) is 4.61. The number of pyridine rings is 1. The summed E-state index contributed by atoms with van der Waals surface area (Å²) in [6.07, 6.45) is 2.80. The van der Waals surface area contributed by atoms with Gasteiger partial charge in [0.2, 0.25) is 0 Å². The average molecular weight is 336 g/mol. The van der Waals surface area contributed by atoms with Crippen LogP contribution in [-0.4, -0.2) is 38.1 Å². The lowest BCUT2D eigenvalue weighted by Crippen LogP contribution is -2.33. The van der Waals surface area contributed by atoms with E-state index in [9.17, 15) is 18.3 Å². The van der Waals surface area contributed by atoms with Gasteiger partial charge in [-0.15, -0.1) is 0 Å². The smallest absolute Gasteiger partial charge is 0.307 e. The monoisotopic (exact) mass is 336 g/mol. The van der Waals surface area contributed by atoms with Crippen molar-refractivity contribution in [2.45, 2.75) is 11.3 Å². The van der Waals surface area contributed by atoms with Crippen LogP contribution in [0.3, 0.4) is 0 Å². The van der Waals surface area contributed by atoms with Crippen LogP contribution < -0.4 is 4.31 Å². The summed E-state index contributed by atoms with van der Waals surface area (Å²) < 4.78 is 31.3. The second kappa shape index (κ2) is 7.10. The third-order valence-electron chi connectivity index (χ3n) is 3.09. The van der Waals surface area contributed by atoms with Gasteiger partial charge in [0.1, 0.15) is 5.75 Å². The highest BCUT2D eigenvalue weighted by Crippen LogP contribution is 2.25. The fourth-order valence-electron chi connectivity index (χ4n) is 1.96. The second-order valence-corrected chi connectivity index (χ2v) is 6.47. The van der Waals surface area contributed by atoms with Crippen LogP contribution in [0, 0.1) is 0 Å². The molecule has 0 saturated heterocycles. The molecule has 0 unspecified atom stereocenters. The summed E-state index contributed by atoms with van der Waals surface area (Å²) in [7, 11) is -2.72. The minimum Gasteiger partial charge on any atom is -0.508 e. The first-order valence-electron chi connectivity index (χ1n) is 6.74. The molecule has 0 fully saturated rings. The molecule has 2 aromatic rings. The molecule has 0 amide bonds. The van der Waals surface area contributed by atoms with E-state index in [1.54, 1.807) is 12.1 Å². The molecule has 1 N–H and O–H groups in total. The minimum atomic E-state index is -3.95. The van der Waals surface area contributed by atoms with Crippen molar-refractivity contribution in [3.8, 4) is 5.75 Å². The molecule has 0 aliphatic heterocycles. The first kappa shape index (κ1) is 16.8. The molecule has 1 aromatic heterocycles. The van der Waals surface area contributed by atoms with Gasteiger partial charge in [0.05, 0.1) is 30.3 Å². The maximum atomic E-state index is 12.8. The van der Waals surface area contributed by atoms with Crippen LogP contribution in [0.1, 0.15) is 6.42 Å². The van der Waals surface area contributed by atoms with E-state index < -0.39 is 16.0 Å². The van der Waals surface area contributed by atoms with E-state index in [1.807, 2.05) is 0 Å². The fraction of sp³-hybridized carbons (Fsp3) is 0.200. The molecule has 1 heterocycles. The number of carbonyl (C=O) groups excluding carboxylic acids is 1. The molecule has 0 aliphatic rings. The summed E-state index contributed by atoms with van der Waals surface area (Å²) in [5, 5.41) is 9.52. The van der Waals surface area contributed by atoms with Gasteiger partial charge in [-0.1, -0.05) is 6.07 Å². The summed E-state index contributed by atoms with van der Waals surface area (Å²) in [6.45, 7) is -0.101. The van der Waals surface area contributed by atoms with Crippen molar-refractivity contribution in [2.24, 2.45) is 0 Å². The number of sulfonamides is 1. The Morgan fingerprint density at radius 2 is 2.09 bits per heavy atom. The Morgan fingerprint density at radius 3 is 2.70 bits per heavy atom. The van der Waals surface area contributed by atoms with Gasteiger partial charge < -0.3 is 9.84 Å². The summed E-state index contributed by atoms with van der Waals surface area (Å²) in [6, 6.07) is 8.50. The van der Waals surface area contributed by atoms with Gasteiger partial charge in [-0.25, -0.2) is 8.42 Å². The maximum Gasteiger partial charge on any atom is 0.307 e. The Labute approximate surface area is 134 Å². The number of esters is 1. The predicted molar refractivity (Wildman–Crippen MR) is 83.5 cm³/mol. The number of phenolic OH excluding ortho intramolecular Hbond substituents is 1. The molecule has 7 nitrogen and oxygen atoms in total. The van der Waals surface area contributed by atoms with Gasteiger partial charge in [0.25, 0.3) is 10.0 Å². The molecule has 1 aromatic carbocycles. The SMILES string of the molecule is COC(=O)CCN(c1cccnc1)S(=O)(=O)c1cccc(O)c1. The molecule has 0 saturated carbocycles. The number of hydrogen-bond acceptors (Lipinski definition) is 6. The van der Waals surface area contributed by atoms with Crippen LogP contribution in [0.25, 0.3) is 0 Å². The summed E-state index contributed by atoms with van der Waals surface area (Å²) in [5.41, 5.74) is 0.319. The molecular formula is C15H16N2O5S. The van der Waals surface area contributed by atoms with Crippen LogP contribution in [-0.2, 0) is 19.6 Å². The molecule has 23 heavy (non-hydrogen) atoms. The zero-order valence-electron chi connectivity index (χ0n) is 12.4. The molecule has 0 aliphatic carbocycles. The van der Waals surface area contributed by atoms with E-state index in [2.05, 4.69) is 9.72 Å². The number of methoxy groups -OCH3 is 1. The van der Waals surface area contributed by atoms with E-state index in [0.29, 0.717) is 5.69 Å². The first-order chi connectivity index (χ1) is 10.9. The minimum absolute atomic E-state index is 0.0776. The standard InChI is InChI=1S/C15H16N2O5S/c1-22-15(19)7-9-17(12-4-3-8-16-11-12)23(20,21)14-6-2-5-13(18)10-14/h2-6,8,10-11,18H,7,9H2,1H3. The van der Waals surface area contributed by atoms with Crippen LogP contribution in [0.2, 0.25) is 0 Å². The van der Waals surface area contributed by atoms with Gasteiger partial charge in [-0.05, 0) is 24.3 Å². The number of hydrogen-bond donors (Lipinski definition) is 1. The van der Waals surface area contributed by atoms with Crippen molar-refractivity contribution in [2.75, 3.05) is 18.0 Å². The normalized spacial score (nSPS) is 11.0. The zero-order chi connectivity index (χ0) is 16.9. The number of anilines is 1. The highest BCUT2D eigenvalue weighted by atomic mass is 32.2. The lowest BCUT2D eigenvalue weighted by Gasteiger charge is -2.23. The van der Waals surface area contributed by atoms with Crippen LogP contribution >= 0.6 is 0 Å². The molecule has 0 radical (unpaired) electrons. The predicted octanol–water partition coefficient (Wildman–Crippen LogP) is 1.55. The number of nitrogens with zero attached hydrogens (tertiary/aromatic N) is 2. The third-order valence-corrected chi connectivity index (χ3v) is 4.91. The Morgan fingerprint density at radius 1 is 1.30 bits per heavy atom. The van der Waals surface area contributed by atoms with Gasteiger partial charge in [-0.2, -0.15) is 0 Å². The summed E-state index contributed by atoms with van der Waals surface area (Å²) in [4.78, 5) is 15.2. The van der Waals surface area contributed by atoms with Gasteiger partial charge in [0.15, 0.2) is 0 Å². The number of rotatable bonds is 6. The van der Waals surface area contributed by atoms with E-state index in [0.717, 1.165) is 10.4 Å². The van der Waals surface area contributed by atoms with Crippen LogP contribution in [0.15, 0.2) is 53.7 Å². The topological polar surface area (TPSA) is 96.8 Å². The van der Waals surface area contributed by atoms with Crippen molar-refractivity contribution in [1.29, 1.82) is 0 Å². The van der Waals surface area contributed by atoms with E-state index in [1.165, 1.54) is 37.7 Å². The van der Waals surface area contributed by atoms with Crippen molar-refractivity contribution < 1.29 is 23.1 Å². The number of ether oxygens (including phenoxy) is 1. The molecule has 122 valence electrons. The van der Waals surface area contributed by atoms with Crippen molar-refractivity contribution in [3.63, 3.8) is 0 Å². The molecular weight excluding hydrogens is 320 g/mol. The number of phenols is 1. The fourth-order valence-corrected chi connectivity index (χ4v) is 3.45. The zero-order valence-corrected chi connectivity index (χ0v) is 13.2. The molecule has 8 heteroatoms. The van der Waals surface area contributed by atoms with Crippen molar-refractivity contribution in [1.82, 2.24) is 4.98 Å². The lowest BCUT2D eigenvalue weighted by atomic mass is 10.3. The highest BCUT2D eigenvalue weighted by molar-refractivity contribution is 7.92. The lowest BCUT2D eigenvalue weighted by molar-refractivity contribution is -0.140. The Bertz CT molecular complexity index is 777. The number of carbonyl (C=O) groups is 1. The molecule has 0 atom stereocenters. The van der Waals surface area contributed by atoms with E-state index in [-0.39, 0.29) is 23.6 Å². The Balaban J connectivity index is 2.41. The Hall–Kier alpha value is -2.61. The van der Waals surface area contributed by atoms with Crippen LogP contribution in [0.4, 0.5) is 5.69 Å². The largest absolute Gasteiger partial charge is 0.508 e.